The summed E-state index contributed by atoms with van der Waals surface area (Å²) in [5.41, 5.74) is 1.31. The van der Waals surface area contributed by atoms with E-state index in [0.717, 1.165) is 58.8 Å². The summed E-state index contributed by atoms with van der Waals surface area (Å²) in [4.78, 5) is 26.0. The molecule has 3 heterocycles. The molecule has 11 heteroatoms. The maximum Gasteiger partial charge on any atom is 0.490 e. The molecule has 0 radical (unpaired) electrons. The average molecular weight is 421 g/mol. The quantitative estimate of drug-likeness (QED) is 0.782. The fourth-order valence-electron chi connectivity index (χ4n) is 3.65. The number of carboxylic acids is 1. The number of hydrogen-bond acceptors (Lipinski definition) is 6. The molecule has 1 atom stereocenters. The molecule has 1 unspecified atom stereocenters. The van der Waals surface area contributed by atoms with Crippen LogP contribution >= 0.6 is 0 Å². The van der Waals surface area contributed by atoms with Crippen molar-refractivity contribution in [1.82, 2.24) is 15.0 Å². The highest BCUT2D eigenvalue weighted by Crippen LogP contribution is 2.33. The molecule has 8 nitrogen and oxygen atoms in total. The van der Waals surface area contributed by atoms with Gasteiger partial charge in [-0.15, -0.1) is 0 Å². The number of likely N-dealkylation sites (N-methyl/N-ethyl adjacent to an activating group) is 1. The van der Waals surface area contributed by atoms with Gasteiger partial charge < -0.3 is 24.2 Å². The van der Waals surface area contributed by atoms with Crippen LogP contribution in [-0.4, -0.2) is 84.1 Å². The molecule has 3 rings (SSSR count). The molecule has 1 spiro atoms. The van der Waals surface area contributed by atoms with Gasteiger partial charge in [-0.25, -0.2) is 4.79 Å². The monoisotopic (exact) mass is 421 g/mol. The maximum atomic E-state index is 12.7. The summed E-state index contributed by atoms with van der Waals surface area (Å²) in [5, 5.41) is 10.9. The standard InChI is InChI=1S/C16H25N3O3.C2HF3O2/c1-3-18-7-8-21-12-16(10-18)5-4-6-19(11-16)15(20)14-9-22-17-13(14)2;3-2(4,5)1(6)7/h9H,3-8,10-12H2,1-2H3;(H,6,7). The number of hydrogen-bond donors (Lipinski definition) is 1. The molecule has 0 bridgehead atoms. The first-order valence-corrected chi connectivity index (χ1v) is 9.38. The van der Waals surface area contributed by atoms with Crippen molar-refractivity contribution >= 4 is 11.9 Å². The highest BCUT2D eigenvalue weighted by molar-refractivity contribution is 5.94. The number of aryl methyl sites for hydroxylation is 1. The van der Waals surface area contributed by atoms with Gasteiger partial charge in [0.2, 0.25) is 0 Å². The van der Waals surface area contributed by atoms with Crippen molar-refractivity contribution in [3.63, 3.8) is 0 Å². The van der Waals surface area contributed by atoms with Crippen LogP contribution in [0.15, 0.2) is 10.8 Å². The second-order valence-electron chi connectivity index (χ2n) is 7.37. The van der Waals surface area contributed by atoms with E-state index < -0.39 is 12.1 Å². The number of piperidine rings is 1. The predicted molar refractivity (Wildman–Crippen MR) is 95.4 cm³/mol. The molecule has 164 valence electrons. The third kappa shape index (κ3) is 6.17. The minimum absolute atomic E-state index is 0.0325. The second-order valence-corrected chi connectivity index (χ2v) is 7.37. The molecule has 0 aromatic carbocycles. The van der Waals surface area contributed by atoms with Crippen LogP contribution in [0.5, 0.6) is 0 Å². The fraction of sp³-hybridized carbons (Fsp3) is 0.722. The van der Waals surface area contributed by atoms with Crippen LogP contribution in [-0.2, 0) is 9.53 Å². The zero-order chi connectivity index (χ0) is 21.7. The van der Waals surface area contributed by atoms with Gasteiger partial charge in [-0.05, 0) is 26.3 Å². The van der Waals surface area contributed by atoms with Gasteiger partial charge in [0.15, 0.2) is 0 Å². The van der Waals surface area contributed by atoms with Crippen LogP contribution in [0.2, 0.25) is 0 Å². The summed E-state index contributed by atoms with van der Waals surface area (Å²) in [6.07, 6.45) is -1.48. The lowest BCUT2D eigenvalue weighted by Gasteiger charge is -2.43. The molecule has 2 fully saturated rings. The lowest BCUT2D eigenvalue weighted by atomic mass is 9.80. The highest BCUT2D eigenvalue weighted by Gasteiger charge is 2.40. The van der Waals surface area contributed by atoms with Crippen LogP contribution < -0.4 is 0 Å². The summed E-state index contributed by atoms with van der Waals surface area (Å²) < 4.78 is 42.5. The Morgan fingerprint density at radius 2 is 2.00 bits per heavy atom. The third-order valence-corrected chi connectivity index (χ3v) is 5.14. The number of halogens is 3. The smallest absolute Gasteiger partial charge is 0.475 e. The van der Waals surface area contributed by atoms with Crippen LogP contribution in [0.4, 0.5) is 13.2 Å². The lowest BCUT2D eigenvalue weighted by molar-refractivity contribution is -0.192. The van der Waals surface area contributed by atoms with Crippen molar-refractivity contribution in [2.75, 3.05) is 45.9 Å². The number of ether oxygens (including phenoxy) is 1. The summed E-state index contributed by atoms with van der Waals surface area (Å²) in [6, 6.07) is 0. The van der Waals surface area contributed by atoms with E-state index in [9.17, 15) is 18.0 Å². The van der Waals surface area contributed by atoms with E-state index in [2.05, 4.69) is 17.0 Å². The van der Waals surface area contributed by atoms with Gasteiger partial charge in [0.25, 0.3) is 5.91 Å². The van der Waals surface area contributed by atoms with E-state index in [1.165, 1.54) is 6.26 Å². The molecule has 2 saturated heterocycles. The number of carbonyl (C=O) groups is 2. The number of likely N-dealkylation sites (tertiary alicyclic amines) is 1. The number of rotatable bonds is 2. The first-order chi connectivity index (χ1) is 13.6. The first kappa shape index (κ1) is 23.1. The number of carboxylic acid groups (broad SMARTS) is 1. The molecule has 2 aliphatic heterocycles. The Morgan fingerprint density at radius 3 is 2.55 bits per heavy atom. The zero-order valence-corrected chi connectivity index (χ0v) is 16.5. The Bertz CT molecular complexity index is 709. The molecule has 1 N–H and O–H groups in total. The van der Waals surface area contributed by atoms with Crippen LogP contribution in [0.25, 0.3) is 0 Å². The summed E-state index contributed by atoms with van der Waals surface area (Å²) in [7, 11) is 0. The van der Waals surface area contributed by atoms with Gasteiger partial charge in [0.1, 0.15) is 11.8 Å². The Morgan fingerprint density at radius 1 is 1.31 bits per heavy atom. The zero-order valence-electron chi connectivity index (χ0n) is 16.5. The van der Waals surface area contributed by atoms with Crippen LogP contribution in [0.1, 0.15) is 35.8 Å². The maximum absolute atomic E-state index is 12.7. The average Bonchev–Trinajstić information content (AvgIpc) is 2.99. The van der Waals surface area contributed by atoms with E-state index in [4.69, 9.17) is 19.2 Å². The first-order valence-electron chi connectivity index (χ1n) is 9.38. The fourth-order valence-corrected chi connectivity index (χ4v) is 3.65. The van der Waals surface area contributed by atoms with Gasteiger partial charge in [0, 0.05) is 31.6 Å². The molecule has 1 amide bonds. The van der Waals surface area contributed by atoms with Crippen molar-refractivity contribution in [3.8, 4) is 0 Å². The number of amides is 1. The SMILES string of the molecule is CCN1CCOCC2(CCCN(C(=O)c3conc3C)C2)C1.O=C(O)C(F)(F)F. The number of nitrogens with zero attached hydrogens (tertiary/aromatic N) is 3. The van der Waals surface area contributed by atoms with E-state index in [0.29, 0.717) is 11.3 Å². The molecule has 1 aromatic rings. The molecule has 1 aromatic heterocycles. The van der Waals surface area contributed by atoms with Crippen molar-refractivity contribution in [2.24, 2.45) is 5.41 Å². The van der Waals surface area contributed by atoms with Gasteiger partial charge in [-0.3, -0.25) is 4.79 Å². The third-order valence-electron chi connectivity index (χ3n) is 5.14. The van der Waals surface area contributed by atoms with Crippen LogP contribution in [0.3, 0.4) is 0 Å². The number of carbonyl (C=O) groups excluding carboxylic acids is 1. The number of aliphatic carboxylic acids is 1. The van der Waals surface area contributed by atoms with Gasteiger partial charge in [0.05, 0.1) is 18.9 Å². The van der Waals surface area contributed by atoms with E-state index >= 15 is 0 Å². The Labute approximate surface area is 166 Å². The normalized spacial score (nSPS) is 23.3. The van der Waals surface area contributed by atoms with Gasteiger partial charge >= 0.3 is 12.1 Å². The minimum Gasteiger partial charge on any atom is -0.475 e. The predicted octanol–water partition coefficient (Wildman–Crippen LogP) is 2.19. The minimum atomic E-state index is -5.08. The topological polar surface area (TPSA) is 96.1 Å². The summed E-state index contributed by atoms with van der Waals surface area (Å²) >= 11 is 0. The summed E-state index contributed by atoms with van der Waals surface area (Å²) in [5.74, 6) is -2.72. The molecule has 2 aliphatic rings. The molecular weight excluding hydrogens is 395 g/mol. The van der Waals surface area contributed by atoms with Gasteiger partial charge in [-0.2, -0.15) is 13.2 Å². The van der Waals surface area contributed by atoms with Crippen molar-refractivity contribution < 1.29 is 37.1 Å². The molecular formula is C18H26F3N3O5. The van der Waals surface area contributed by atoms with E-state index in [-0.39, 0.29) is 11.3 Å². The van der Waals surface area contributed by atoms with Crippen LogP contribution in [0, 0.1) is 12.3 Å². The van der Waals surface area contributed by atoms with Crippen molar-refractivity contribution in [1.29, 1.82) is 0 Å². The molecule has 0 aliphatic carbocycles. The molecule has 29 heavy (non-hydrogen) atoms. The van der Waals surface area contributed by atoms with Gasteiger partial charge in [-0.1, -0.05) is 12.1 Å². The van der Waals surface area contributed by atoms with E-state index in [1.54, 1.807) is 0 Å². The van der Waals surface area contributed by atoms with Crippen molar-refractivity contribution in [3.05, 3.63) is 17.5 Å². The van der Waals surface area contributed by atoms with Crippen molar-refractivity contribution in [2.45, 2.75) is 32.9 Å². The Kier molecular flexibility index (Phi) is 7.64. The number of alkyl halides is 3. The lowest BCUT2D eigenvalue weighted by Crippen LogP contribution is -2.52. The molecule has 0 saturated carbocycles. The number of aromatic nitrogens is 1. The summed E-state index contributed by atoms with van der Waals surface area (Å²) in [6.45, 7) is 10.1. The highest BCUT2D eigenvalue weighted by atomic mass is 19.4. The Hall–Kier alpha value is -2.14. The van der Waals surface area contributed by atoms with E-state index in [1.807, 2.05) is 11.8 Å². The largest absolute Gasteiger partial charge is 0.490 e. The Balaban J connectivity index is 0.000000370. The second kappa shape index (κ2) is 9.57.